The van der Waals surface area contributed by atoms with Crippen molar-refractivity contribution >= 4 is 5.78 Å². The van der Waals surface area contributed by atoms with Gasteiger partial charge in [-0.05, 0) is 33.2 Å². The van der Waals surface area contributed by atoms with Crippen molar-refractivity contribution in [1.82, 2.24) is 5.32 Å². The zero-order valence-electron chi connectivity index (χ0n) is 9.89. The van der Waals surface area contributed by atoms with Gasteiger partial charge in [-0.25, -0.2) is 0 Å². The Balaban J connectivity index is 4.30. The zero-order chi connectivity index (χ0) is 11.2. The van der Waals surface area contributed by atoms with E-state index in [-0.39, 0.29) is 11.5 Å². The predicted octanol–water partition coefficient (Wildman–Crippen LogP) is 2.55. The van der Waals surface area contributed by atoms with Crippen molar-refractivity contribution in [1.29, 1.82) is 0 Å². The number of ketones is 1. The maximum atomic E-state index is 11.9. The highest BCUT2D eigenvalue weighted by molar-refractivity contribution is 5.89. The van der Waals surface area contributed by atoms with E-state index in [4.69, 9.17) is 0 Å². The van der Waals surface area contributed by atoms with Gasteiger partial charge in [-0.1, -0.05) is 19.9 Å². The maximum Gasteiger partial charge on any atom is 0.155 e. The SMILES string of the molecule is C=CCCCC(C)(NC)C(=O)C(C)C. The number of rotatable bonds is 7. The van der Waals surface area contributed by atoms with E-state index >= 15 is 0 Å². The Morgan fingerprint density at radius 2 is 2.14 bits per heavy atom. The second kappa shape index (κ2) is 5.97. The minimum absolute atomic E-state index is 0.0937. The third-order valence-electron chi connectivity index (χ3n) is 2.71. The Morgan fingerprint density at radius 3 is 2.50 bits per heavy atom. The average Bonchev–Trinajstić information content (AvgIpc) is 2.16. The Hall–Kier alpha value is -0.630. The maximum absolute atomic E-state index is 11.9. The van der Waals surface area contributed by atoms with Crippen LogP contribution < -0.4 is 5.32 Å². The number of carbonyl (C=O) groups excluding carboxylic acids is 1. The summed E-state index contributed by atoms with van der Waals surface area (Å²) >= 11 is 0. The molecule has 0 spiro atoms. The molecule has 1 N–H and O–H groups in total. The van der Waals surface area contributed by atoms with Gasteiger partial charge in [-0.2, -0.15) is 0 Å². The average molecular weight is 197 g/mol. The summed E-state index contributed by atoms with van der Waals surface area (Å²) < 4.78 is 0. The standard InChI is InChI=1S/C12H23NO/c1-6-7-8-9-12(4,13-5)11(14)10(2)3/h6,10,13H,1,7-9H2,2-5H3. The van der Waals surface area contributed by atoms with Gasteiger partial charge in [0.05, 0.1) is 5.54 Å². The van der Waals surface area contributed by atoms with E-state index in [9.17, 15) is 4.79 Å². The van der Waals surface area contributed by atoms with Crippen LogP contribution in [0.4, 0.5) is 0 Å². The van der Waals surface area contributed by atoms with Gasteiger partial charge in [0.15, 0.2) is 5.78 Å². The third kappa shape index (κ3) is 3.62. The Bertz CT molecular complexity index is 198. The number of hydrogen-bond donors (Lipinski definition) is 1. The summed E-state index contributed by atoms with van der Waals surface area (Å²) in [5, 5.41) is 3.13. The summed E-state index contributed by atoms with van der Waals surface area (Å²) in [5.41, 5.74) is -0.364. The van der Waals surface area contributed by atoms with Gasteiger partial charge in [0.1, 0.15) is 0 Å². The van der Waals surface area contributed by atoms with E-state index in [1.54, 1.807) is 0 Å². The molecule has 0 heterocycles. The minimum Gasteiger partial charge on any atom is -0.308 e. The predicted molar refractivity (Wildman–Crippen MR) is 61.4 cm³/mol. The molecule has 0 bridgehead atoms. The number of Topliss-reactive ketones (excluding diaryl/α,β-unsaturated/α-hetero) is 1. The van der Waals surface area contributed by atoms with Crippen LogP contribution in [-0.2, 0) is 4.79 Å². The molecule has 14 heavy (non-hydrogen) atoms. The number of hydrogen-bond acceptors (Lipinski definition) is 2. The van der Waals surface area contributed by atoms with Crippen LogP contribution in [-0.4, -0.2) is 18.4 Å². The molecule has 0 fully saturated rings. The van der Waals surface area contributed by atoms with Gasteiger partial charge in [0.2, 0.25) is 0 Å². The monoisotopic (exact) mass is 197 g/mol. The fourth-order valence-electron chi connectivity index (χ4n) is 1.61. The van der Waals surface area contributed by atoms with Crippen molar-refractivity contribution in [2.24, 2.45) is 5.92 Å². The smallest absolute Gasteiger partial charge is 0.155 e. The van der Waals surface area contributed by atoms with Crippen LogP contribution in [0.1, 0.15) is 40.0 Å². The number of nitrogens with one attached hydrogen (secondary N) is 1. The Morgan fingerprint density at radius 1 is 1.57 bits per heavy atom. The molecule has 2 nitrogen and oxygen atoms in total. The lowest BCUT2D eigenvalue weighted by Crippen LogP contribution is -2.49. The molecule has 0 aliphatic carbocycles. The summed E-state index contributed by atoms with van der Waals surface area (Å²) in [6, 6.07) is 0. The molecule has 0 aliphatic heterocycles. The molecule has 2 heteroatoms. The summed E-state index contributed by atoms with van der Waals surface area (Å²) in [6.45, 7) is 9.56. The molecule has 0 aromatic heterocycles. The molecular formula is C12H23NO. The Kier molecular flexibility index (Phi) is 5.70. The molecule has 1 unspecified atom stereocenters. The largest absolute Gasteiger partial charge is 0.308 e. The highest BCUT2D eigenvalue weighted by Crippen LogP contribution is 2.18. The zero-order valence-corrected chi connectivity index (χ0v) is 9.89. The topological polar surface area (TPSA) is 29.1 Å². The third-order valence-corrected chi connectivity index (χ3v) is 2.71. The first kappa shape index (κ1) is 13.4. The van der Waals surface area contributed by atoms with E-state index in [0.717, 1.165) is 19.3 Å². The molecule has 0 rings (SSSR count). The molecule has 0 amide bonds. The normalized spacial score (nSPS) is 15.2. The molecule has 82 valence electrons. The number of likely N-dealkylation sites (N-methyl/N-ethyl adjacent to an activating group) is 1. The van der Waals surface area contributed by atoms with E-state index in [1.165, 1.54) is 0 Å². The lowest BCUT2D eigenvalue weighted by molar-refractivity contribution is -0.128. The molecule has 0 saturated carbocycles. The summed E-state index contributed by atoms with van der Waals surface area (Å²) in [7, 11) is 1.86. The van der Waals surface area contributed by atoms with Gasteiger partial charge in [0.25, 0.3) is 0 Å². The summed E-state index contributed by atoms with van der Waals surface area (Å²) in [4.78, 5) is 11.9. The van der Waals surface area contributed by atoms with Crippen LogP contribution in [0.3, 0.4) is 0 Å². The van der Waals surface area contributed by atoms with Gasteiger partial charge in [-0.15, -0.1) is 6.58 Å². The fourth-order valence-corrected chi connectivity index (χ4v) is 1.61. The van der Waals surface area contributed by atoms with E-state index in [2.05, 4.69) is 11.9 Å². The van der Waals surface area contributed by atoms with Gasteiger partial charge < -0.3 is 5.32 Å². The molecule has 0 aromatic rings. The first-order chi connectivity index (χ1) is 6.48. The van der Waals surface area contributed by atoms with Gasteiger partial charge >= 0.3 is 0 Å². The summed E-state index contributed by atoms with van der Waals surface area (Å²) in [6.07, 6.45) is 4.77. The molecule has 0 radical (unpaired) electrons. The second-order valence-electron chi connectivity index (χ2n) is 4.28. The van der Waals surface area contributed by atoms with Crippen molar-refractivity contribution in [3.05, 3.63) is 12.7 Å². The van der Waals surface area contributed by atoms with Crippen LogP contribution in [0.2, 0.25) is 0 Å². The van der Waals surface area contributed by atoms with Gasteiger partial charge in [-0.3, -0.25) is 4.79 Å². The Labute approximate surface area is 87.8 Å². The fraction of sp³-hybridized carbons (Fsp3) is 0.750. The quantitative estimate of drug-likeness (QED) is 0.502. The van der Waals surface area contributed by atoms with Crippen LogP contribution in [0.15, 0.2) is 12.7 Å². The molecule has 0 aliphatic rings. The van der Waals surface area contributed by atoms with E-state index in [0.29, 0.717) is 5.78 Å². The van der Waals surface area contributed by atoms with Crippen molar-refractivity contribution in [3.8, 4) is 0 Å². The number of allylic oxidation sites excluding steroid dienone is 1. The summed E-state index contributed by atoms with van der Waals surface area (Å²) in [5.74, 6) is 0.389. The first-order valence-electron chi connectivity index (χ1n) is 5.32. The van der Waals surface area contributed by atoms with Crippen molar-refractivity contribution in [3.63, 3.8) is 0 Å². The molecular weight excluding hydrogens is 174 g/mol. The molecule has 1 atom stereocenters. The minimum atomic E-state index is -0.364. The number of unbranched alkanes of at least 4 members (excludes halogenated alkanes) is 1. The lowest BCUT2D eigenvalue weighted by Gasteiger charge is -2.29. The van der Waals surface area contributed by atoms with Crippen molar-refractivity contribution < 1.29 is 4.79 Å². The van der Waals surface area contributed by atoms with Crippen LogP contribution in [0.5, 0.6) is 0 Å². The lowest BCUT2D eigenvalue weighted by atomic mass is 9.85. The highest BCUT2D eigenvalue weighted by Gasteiger charge is 2.31. The van der Waals surface area contributed by atoms with E-state index < -0.39 is 0 Å². The van der Waals surface area contributed by atoms with E-state index in [1.807, 2.05) is 33.9 Å². The van der Waals surface area contributed by atoms with Crippen molar-refractivity contribution in [2.45, 2.75) is 45.6 Å². The molecule has 0 aromatic carbocycles. The number of carbonyl (C=O) groups is 1. The second-order valence-corrected chi connectivity index (χ2v) is 4.28. The molecule has 0 saturated heterocycles. The van der Waals surface area contributed by atoms with Crippen molar-refractivity contribution in [2.75, 3.05) is 7.05 Å². The van der Waals surface area contributed by atoms with Crippen LogP contribution in [0.25, 0.3) is 0 Å². The van der Waals surface area contributed by atoms with Gasteiger partial charge in [0, 0.05) is 5.92 Å². The first-order valence-corrected chi connectivity index (χ1v) is 5.32. The van der Waals surface area contributed by atoms with Crippen LogP contribution in [0, 0.1) is 5.92 Å². The van der Waals surface area contributed by atoms with Crippen LogP contribution >= 0.6 is 0 Å². The highest BCUT2D eigenvalue weighted by atomic mass is 16.1.